The molecule has 2 rings (SSSR count). The molecule has 0 N–H and O–H groups in total. The highest BCUT2D eigenvalue weighted by atomic mass is 15.3. The van der Waals surface area contributed by atoms with Gasteiger partial charge in [-0.05, 0) is 19.9 Å². The lowest BCUT2D eigenvalue weighted by Crippen LogP contribution is -2.49. The molecule has 1 saturated carbocycles. The number of rotatable bonds is 1. The van der Waals surface area contributed by atoms with Crippen LogP contribution in [-0.2, 0) is 0 Å². The second-order valence-corrected chi connectivity index (χ2v) is 4.63. The van der Waals surface area contributed by atoms with Crippen LogP contribution in [0.2, 0.25) is 0 Å². The van der Waals surface area contributed by atoms with Crippen molar-refractivity contribution >= 4 is 0 Å². The van der Waals surface area contributed by atoms with Gasteiger partial charge in [-0.15, -0.1) is 0 Å². The van der Waals surface area contributed by atoms with Crippen LogP contribution in [0.1, 0.15) is 59.8 Å². The van der Waals surface area contributed by atoms with Crippen LogP contribution >= 0.6 is 0 Å². The summed E-state index contributed by atoms with van der Waals surface area (Å²) in [5.74, 6) is 0. The third-order valence-corrected chi connectivity index (χ3v) is 3.63. The lowest BCUT2D eigenvalue weighted by atomic mass is 9.94. The highest BCUT2D eigenvalue weighted by Gasteiger charge is 2.23. The Morgan fingerprint density at radius 2 is 1.18 bits per heavy atom. The Morgan fingerprint density at radius 1 is 0.706 bits per heavy atom. The van der Waals surface area contributed by atoms with E-state index >= 15 is 0 Å². The molecule has 2 aliphatic rings. The molecule has 0 unspecified atom stereocenters. The first kappa shape index (κ1) is 16.9. The molecule has 0 spiro atoms. The predicted octanol–water partition coefficient (Wildman–Crippen LogP) is 3.62. The zero-order valence-electron chi connectivity index (χ0n) is 12.8. The third kappa shape index (κ3) is 6.42. The number of nitrogens with zero attached hydrogens (tertiary/aromatic N) is 2. The van der Waals surface area contributed by atoms with Crippen molar-refractivity contribution in [3.05, 3.63) is 0 Å². The van der Waals surface area contributed by atoms with Crippen LogP contribution in [0.25, 0.3) is 0 Å². The van der Waals surface area contributed by atoms with Crippen LogP contribution in [0.3, 0.4) is 0 Å². The first-order chi connectivity index (χ1) is 8.36. The van der Waals surface area contributed by atoms with E-state index in [0.717, 1.165) is 6.04 Å². The van der Waals surface area contributed by atoms with E-state index < -0.39 is 0 Å². The van der Waals surface area contributed by atoms with Gasteiger partial charge in [0.05, 0.1) is 0 Å². The molecule has 17 heavy (non-hydrogen) atoms. The molecule has 0 radical (unpaired) electrons. The summed E-state index contributed by atoms with van der Waals surface area (Å²) in [6.07, 6.45) is 7.34. The first-order valence-electron chi connectivity index (χ1n) is 7.79. The number of piperazine rings is 1. The monoisotopic (exact) mass is 242 g/mol. The maximum Gasteiger partial charge on any atom is 0.0113 e. The molecule has 0 aromatic rings. The van der Waals surface area contributed by atoms with Crippen molar-refractivity contribution in [2.75, 3.05) is 33.2 Å². The van der Waals surface area contributed by atoms with Gasteiger partial charge in [-0.1, -0.05) is 47.0 Å². The van der Waals surface area contributed by atoms with Crippen LogP contribution in [0, 0.1) is 0 Å². The maximum atomic E-state index is 2.72. The smallest absolute Gasteiger partial charge is 0.0113 e. The molecule has 1 aliphatic heterocycles. The molecule has 0 bridgehead atoms. The standard InChI is InChI=1S/C11H22N2.2C2H6/c1-12-7-9-13(10-8-12)11-5-3-2-4-6-11;2*1-2/h11H,2-10H2,1H3;2*1-2H3. The molecular formula is C15H34N2. The molecule has 104 valence electrons. The molecule has 2 fully saturated rings. The summed E-state index contributed by atoms with van der Waals surface area (Å²) >= 11 is 0. The topological polar surface area (TPSA) is 6.48 Å². The van der Waals surface area contributed by atoms with Crippen molar-refractivity contribution in [3.8, 4) is 0 Å². The van der Waals surface area contributed by atoms with Crippen molar-refractivity contribution in [2.45, 2.75) is 65.8 Å². The molecule has 1 aliphatic carbocycles. The van der Waals surface area contributed by atoms with E-state index in [1.807, 2.05) is 27.7 Å². The van der Waals surface area contributed by atoms with E-state index in [-0.39, 0.29) is 0 Å². The summed E-state index contributed by atoms with van der Waals surface area (Å²) < 4.78 is 0. The van der Waals surface area contributed by atoms with Crippen molar-refractivity contribution in [1.29, 1.82) is 0 Å². The van der Waals surface area contributed by atoms with Gasteiger partial charge in [0, 0.05) is 32.2 Å². The van der Waals surface area contributed by atoms with Gasteiger partial charge in [0.15, 0.2) is 0 Å². The molecule has 0 aromatic heterocycles. The minimum atomic E-state index is 0.933. The fourth-order valence-corrected chi connectivity index (χ4v) is 2.63. The van der Waals surface area contributed by atoms with Gasteiger partial charge in [-0.3, -0.25) is 4.90 Å². The Bertz CT molecular complexity index is 145. The SMILES string of the molecule is CC.CC.CN1CCN(C2CCCCC2)CC1. The molecule has 1 heterocycles. The van der Waals surface area contributed by atoms with Gasteiger partial charge in [0.1, 0.15) is 0 Å². The van der Waals surface area contributed by atoms with Crippen molar-refractivity contribution in [2.24, 2.45) is 0 Å². The minimum Gasteiger partial charge on any atom is -0.304 e. The number of hydrogen-bond donors (Lipinski definition) is 0. The third-order valence-electron chi connectivity index (χ3n) is 3.63. The quantitative estimate of drug-likeness (QED) is 0.693. The summed E-state index contributed by atoms with van der Waals surface area (Å²) in [5, 5.41) is 0. The minimum absolute atomic E-state index is 0.933. The van der Waals surface area contributed by atoms with Crippen LogP contribution in [0.15, 0.2) is 0 Å². The summed E-state index contributed by atoms with van der Waals surface area (Å²) in [7, 11) is 2.23. The van der Waals surface area contributed by atoms with Gasteiger partial charge in [0.2, 0.25) is 0 Å². The second kappa shape index (κ2) is 11.0. The number of hydrogen-bond acceptors (Lipinski definition) is 2. The fraction of sp³-hybridized carbons (Fsp3) is 1.00. The zero-order valence-corrected chi connectivity index (χ0v) is 12.8. The normalized spacial score (nSPS) is 23.1. The van der Waals surface area contributed by atoms with Crippen molar-refractivity contribution < 1.29 is 0 Å². The lowest BCUT2D eigenvalue weighted by Gasteiger charge is -2.39. The molecule has 0 atom stereocenters. The Labute approximate surface area is 109 Å². The second-order valence-electron chi connectivity index (χ2n) is 4.63. The van der Waals surface area contributed by atoms with Crippen molar-refractivity contribution in [3.63, 3.8) is 0 Å². The highest BCUT2D eigenvalue weighted by molar-refractivity contribution is 4.79. The molecule has 0 aromatic carbocycles. The number of likely N-dealkylation sites (N-methyl/N-ethyl adjacent to an activating group) is 1. The van der Waals surface area contributed by atoms with Crippen molar-refractivity contribution in [1.82, 2.24) is 9.80 Å². The average Bonchev–Trinajstić information content (AvgIpc) is 2.45. The van der Waals surface area contributed by atoms with Crippen LogP contribution < -0.4 is 0 Å². The van der Waals surface area contributed by atoms with Crippen LogP contribution in [0.4, 0.5) is 0 Å². The van der Waals surface area contributed by atoms with Crippen LogP contribution in [-0.4, -0.2) is 49.1 Å². The highest BCUT2D eigenvalue weighted by Crippen LogP contribution is 2.23. The lowest BCUT2D eigenvalue weighted by molar-refractivity contribution is 0.0913. The van der Waals surface area contributed by atoms with E-state index in [9.17, 15) is 0 Å². The van der Waals surface area contributed by atoms with Gasteiger partial charge in [0.25, 0.3) is 0 Å². The summed E-state index contributed by atoms with van der Waals surface area (Å²) in [6.45, 7) is 13.2. The maximum absolute atomic E-state index is 2.72. The van der Waals surface area contributed by atoms with Gasteiger partial charge < -0.3 is 4.90 Å². The van der Waals surface area contributed by atoms with E-state index in [1.54, 1.807) is 0 Å². The molecule has 1 saturated heterocycles. The Balaban J connectivity index is 0.000000581. The van der Waals surface area contributed by atoms with E-state index in [4.69, 9.17) is 0 Å². The molecule has 2 nitrogen and oxygen atoms in total. The molecular weight excluding hydrogens is 208 g/mol. The van der Waals surface area contributed by atoms with E-state index in [2.05, 4.69) is 16.8 Å². The average molecular weight is 242 g/mol. The Hall–Kier alpha value is -0.0800. The molecule has 0 amide bonds. The largest absolute Gasteiger partial charge is 0.304 e. The molecule has 2 heteroatoms. The summed E-state index contributed by atoms with van der Waals surface area (Å²) in [5.41, 5.74) is 0. The zero-order chi connectivity index (χ0) is 13.1. The van der Waals surface area contributed by atoms with Gasteiger partial charge in [-0.2, -0.15) is 0 Å². The predicted molar refractivity (Wildman–Crippen MR) is 78.6 cm³/mol. The Kier molecular flexibility index (Phi) is 11.0. The van der Waals surface area contributed by atoms with E-state index in [0.29, 0.717) is 0 Å². The summed E-state index contributed by atoms with van der Waals surface area (Å²) in [4.78, 5) is 5.17. The summed E-state index contributed by atoms with van der Waals surface area (Å²) in [6, 6.07) is 0.933. The van der Waals surface area contributed by atoms with Crippen LogP contribution in [0.5, 0.6) is 0 Å². The van der Waals surface area contributed by atoms with Gasteiger partial charge >= 0.3 is 0 Å². The fourth-order valence-electron chi connectivity index (χ4n) is 2.63. The van der Waals surface area contributed by atoms with E-state index in [1.165, 1.54) is 58.3 Å². The van der Waals surface area contributed by atoms with Gasteiger partial charge in [-0.25, -0.2) is 0 Å². The Morgan fingerprint density at radius 3 is 1.65 bits per heavy atom. The first-order valence-corrected chi connectivity index (χ1v) is 7.79.